The Labute approximate surface area is 233 Å². The molecule has 0 bridgehead atoms. The lowest BCUT2D eigenvalue weighted by Crippen LogP contribution is -2.51. The Morgan fingerprint density at radius 1 is 1.13 bits per heavy atom. The fourth-order valence-corrected chi connectivity index (χ4v) is 8.26. The number of benzene rings is 1. The highest BCUT2D eigenvalue weighted by molar-refractivity contribution is 5.75. The zero-order valence-electron chi connectivity index (χ0n) is 24.0. The van der Waals surface area contributed by atoms with E-state index in [0.717, 1.165) is 95.4 Å². The summed E-state index contributed by atoms with van der Waals surface area (Å²) in [6.07, 6.45) is 6.77. The number of morpholine rings is 1. The fraction of sp³-hybridized carbons (Fsp3) is 0.774. The van der Waals surface area contributed by atoms with Gasteiger partial charge in [-0.1, -0.05) is 13.0 Å². The lowest BCUT2D eigenvalue weighted by Gasteiger charge is -2.51. The van der Waals surface area contributed by atoms with Gasteiger partial charge in [-0.05, 0) is 80.6 Å². The summed E-state index contributed by atoms with van der Waals surface area (Å²) in [5, 5.41) is 0. The molecule has 1 aromatic rings. The fourth-order valence-electron chi connectivity index (χ4n) is 8.26. The van der Waals surface area contributed by atoms with Crippen molar-refractivity contribution in [1.82, 2.24) is 9.80 Å². The molecule has 1 spiro atoms. The van der Waals surface area contributed by atoms with Crippen molar-refractivity contribution in [2.75, 3.05) is 66.8 Å². The molecule has 2 aliphatic carbocycles. The summed E-state index contributed by atoms with van der Waals surface area (Å²) < 4.78 is 28.8. The minimum absolute atomic E-state index is 0.00324. The van der Waals surface area contributed by atoms with Gasteiger partial charge in [0.25, 0.3) is 0 Å². The number of fused-ring (bicyclic) bond motifs is 3. The average Bonchev–Trinajstić information content (AvgIpc) is 3.64. The second-order valence-corrected chi connectivity index (χ2v) is 12.8. The van der Waals surface area contributed by atoms with Crippen molar-refractivity contribution in [2.45, 2.75) is 63.7 Å². The van der Waals surface area contributed by atoms with Gasteiger partial charge in [0.15, 0.2) is 11.5 Å². The van der Waals surface area contributed by atoms with Crippen molar-refractivity contribution < 1.29 is 28.5 Å². The van der Waals surface area contributed by atoms with E-state index in [1.165, 1.54) is 19.3 Å². The normalized spacial score (nSPS) is 35.9. The van der Waals surface area contributed by atoms with Crippen LogP contribution in [0.3, 0.4) is 0 Å². The Hall–Kier alpha value is -1.87. The molecule has 0 amide bonds. The van der Waals surface area contributed by atoms with Gasteiger partial charge < -0.3 is 23.7 Å². The summed E-state index contributed by atoms with van der Waals surface area (Å²) in [6.45, 7) is 10.4. The summed E-state index contributed by atoms with van der Waals surface area (Å²) in [6, 6.07) is 6.14. The van der Waals surface area contributed by atoms with Crippen LogP contribution in [-0.4, -0.2) is 94.2 Å². The number of carbonyl (C=O) groups is 1. The van der Waals surface area contributed by atoms with Gasteiger partial charge in [-0.2, -0.15) is 0 Å². The lowest BCUT2D eigenvalue weighted by atomic mass is 9.53. The van der Waals surface area contributed by atoms with E-state index in [1.54, 1.807) is 14.2 Å². The number of rotatable bonds is 10. The van der Waals surface area contributed by atoms with E-state index in [-0.39, 0.29) is 34.9 Å². The second kappa shape index (κ2) is 11.2. The lowest BCUT2D eigenvalue weighted by molar-refractivity contribution is -0.147. The highest BCUT2D eigenvalue weighted by atomic mass is 16.6. The van der Waals surface area contributed by atoms with Crippen LogP contribution in [0.4, 0.5) is 0 Å². The number of epoxide rings is 1. The van der Waals surface area contributed by atoms with Crippen LogP contribution in [0.25, 0.3) is 0 Å². The van der Waals surface area contributed by atoms with E-state index < -0.39 is 0 Å². The summed E-state index contributed by atoms with van der Waals surface area (Å²) in [7, 11) is 3.34. The van der Waals surface area contributed by atoms with Crippen LogP contribution in [0.15, 0.2) is 18.2 Å². The first-order valence-corrected chi connectivity index (χ1v) is 15.0. The first kappa shape index (κ1) is 27.3. The van der Waals surface area contributed by atoms with Gasteiger partial charge in [0, 0.05) is 32.1 Å². The largest absolute Gasteiger partial charge is 0.493 e. The average molecular weight is 543 g/mol. The van der Waals surface area contributed by atoms with Gasteiger partial charge in [0.2, 0.25) is 0 Å². The monoisotopic (exact) mass is 542 g/mol. The number of esters is 1. The van der Waals surface area contributed by atoms with Crippen molar-refractivity contribution in [3.8, 4) is 11.5 Å². The molecule has 1 aromatic carbocycles. The van der Waals surface area contributed by atoms with Gasteiger partial charge >= 0.3 is 5.97 Å². The van der Waals surface area contributed by atoms with Crippen molar-refractivity contribution in [3.05, 3.63) is 23.8 Å². The predicted molar refractivity (Wildman–Crippen MR) is 147 cm³/mol. The third-order valence-corrected chi connectivity index (χ3v) is 10.4. The van der Waals surface area contributed by atoms with Crippen LogP contribution in [0.1, 0.15) is 51.0 Å². The first-order chi connectivity index (χ1) is 18.9. The van der Waals surface area contributed by atoms with E-state index in [1.807, 2.05) is 6.07 Å². The molecule has 39 heavy (non-hydrogen) atoms. The van der Waals surface area contributed by atoms with E-state index >= 15 is 0 Å². The summed E-state index contributed by atoms with van der Waals surface area (Å²) >= 11 is 0. The second-order valence-electron chi connectivity index (χ2n) is 12.8. The Morgan fingerprint density at radius 2 is 1.92 bits per heavy atom. The van der Waals surface area contributed by atoms with Gasteiger partial charge in [-0.25, -0.2) is 0 Å². The van der Waals surface area contributed by atoms with Gasteiger partial charge in [0.1, 0.15) is 6.10 Å². The van der Waals surface area contributed by atoms with Gasteiger partial charge in [-0.15, -0.1) is 0 Å². The van der Waals surface area contributed by atoms with Crippen LogP contribution in [0.2, 0.25) is 0 Å². The van der Waals surface area contributed by atoms with E-state index in [4.69, 9.17) is 23.7 Å². The van der Waals surface area contributed by atoms with Gasteiger partial charge in [0.05, 0.1) is 45.6 Å². The van der Waals surface area contributed by atoms with E-state index in [0.29, 0.717) is 5.92 Å². The third-order valence-electron chi connectivity index (χ3n) is 10.4. The maximum atomic E-state index is 13.4. The highest BCUT2D eigenvalue weighted by Crippen LogP contribution is 2.62. The summed E-state index contributed by atoms with van der Waals surface area (Å²) in [5.74, 6) is 2.21. The maximum absolute atomic E-state index is 13.4. The molecule has 216 valence electrons. The van der Waals surface area contributed by atoms with Crippen molar-refractivity contribution in [3.63, 3.8) is 0 Å². The molecule has 0 aromatic heterocycles. The van der Waals surface area contributed by atoms with Crippen LogP contribution in [0.5, 0.6) is 11.5 Å². The number of hydrogen-bond acceptors (Lipinski definition) is 8. The molecule has 5 aliphatic rings. The molecule has 3 aliphatic heterocycles. The van der Waals surface area contributed by atoms with Crippen LogP contribution >= 0.6 is 0 Å². The molecule has 3 heterocycles. The van der Waals surface area contributed by atoms with Crippen LogP contribution < -0.4 is 9.47 Å². The van der Waals surface area contributed by atoms with E-state index in [9.17, 15) is 4.79 Å². The Morgan fingerprint density at radius 3 is 2.67 bits per heavy atom. The summed E-state index contributed by atoms with van der Waals surface area (Å²) in [5.41, 5.74) is 1.46. The van der Waals surface area contributed by atoms with Crippen molar-refractivity contribution in [2.24, 2.45) is 23.2 Å². The van der Waals surface area contributed by atoms with Crippen molar-refractivity contribution in [1.29, 1.82) is 0 Å². The zero-order valence-corrected chi connectivity index (χ0v) is 24.0. The molecule has 3 saturated heterocycles. The molecule has 6 atom stereocenters. The molecule has 6 rings (SSSR count). The highest BCUT2D eigenvalue weighted by Gasteiger charge is 2.65. The van der Waals surface area contributed by atoms with E-state index in [2.05, 4.69) is 28.9 Å². The topological polar surface area (TPSA) is 73.0 Å². The minimum atomic E-state index is -0.0826. The van der Waals surface area contributed by atoms with Crippen LogP contribution in [0, 0.1) is 23.2 Å². The molecule has 0 N–H and O–H groups in total. The molecule has 0 radical (unpaired) electrons. The molecule has 8 heteroatoms. The number of methoxy groups -OCH3 is 2. The molecule has 1 unspecified atom stereocenters. The number of ether oxygens (including phenoxy) is 5. The quantitative estimate of drug-likeness (QED) is 0.327. The molecular formula is C31H46N2O6. The Kier molecular flexibility index (Phi) is 7.83. The molecule has 2 saturated carbocycles. The molecular weight excluding hydrogens is 496 g/mol. The third kappa shape index (κ3) is 5.54. The maximum Gasteiger partial charge on any atom is 0.310 e. The SMILES string of the molecule is COc1ccc(CN(CCCN2CCOCC2)C[C@@H]2C(=O)O[C@@H]3C[C@@]4(C)CCC[C@@]5(CO5)C4C[C@@H]23)cc1OC. The number of hydrogen-bond donors (Lipinski definition) is 0. The zero-order chi connectivity index (χ0) is 27.0. The smallest absolute Gasteiger partial charge is 0.310 e. The first-order valence-electron chi connectivity index (χ1n) is 15.0. The van der Waals surface area contributed by atoms with Crippen LogP contribution in [-0.2, 0) is 25.5 Å². The molecule has 5 fully saturated rings. The Balaban J connectivity index is 1.17. The van der Waals surface area contributed by atoms with Crippen molar-refractivity contribution >= 4 is 5.97 Å². The predicted octanol–water partition coefficient (Wildman–Crippen LogP) is 3.76. The number of carbonyl (C=O) groups excluding carboxylic acids is 1. The standard InChI is InChI=1S/C31H46N2O6/c1-30-8-4-9-31(21-38-31)28(30)17-23-24(29(34)39-27(23)18-30)20-33(11-5-10-32-12-14-37-15-13-32)19-22-6-7-25(35-2)26(16-22)36-3/h6-7,16,23-24,27-28H,4-5,8-15,17-21H2,1-3H3/t23-,24-,27+,28?,30+,31+/m0/s1. The summed E-state index contributed by atoms with van der Waals surface area (Å²) in [4.78, 5) is 18.3. The van der Waals surface area contributed by atoms with Gasteiger partial charge in [-0.3, -0.25) is 14.6 Å². The number of nitrogens with zero attached hydrogens (tertiary/aromatic N) is 2. The minimum Gasteiger partial charge on any atom is -0.493 e. The molecule has 8 nitrogen and oxygen atoms in total. The Bertz CT molecular complexity index is 1020.